The average Bonchev–Trinajstić information content (AvgIpc) is 2.57. The monoisotopic (exact) mass is 227 g/mol. The van der Waals surface area contributed by atoms with Gasteiger partial charge in [0, 0.05) is 24.8 Å². The van der Waals surface area contributed by atoms with Crippen LogP contribution in [0.5, 0.6) is 0 Å². The molecule has 0 radical (unpaired) electrons. The molecule has 86 valence electrons. The largest absolute Gasteiger partial charge is 0.313 e. The van der Waals surface area contributed by atoms with Crippen LogP contribution < -0.4 is 5.32 Å². The van der Waals surface area contributed by atoms with Gasteiger partial charge in [-0.3, -0.25) is 4.68 Å². The van der Waals surface area contributed by atoms with Crippen molar-refractivity contribution in [3.63, 3.8) is 0 Å². The summed E-state index contributed by atoms with van der Waals surface area (Å²) in [5, 5.41) is 7.83. The fourth-order valence-electron chi connectivity index (χ4n) is 1.48. The van der Waals surface area contributed by atoms with Crippen LogP contribution in [0, 0.1) is 6.92 Å². The van der Waals surface area contributed by atoms with Gasteiger partial charge in [0.25, 0.3) is 0 Å². The van der Waals surface area contributed by atoms with Crippen molar-refractivity contribution in [2.75, 3.05) is 18.6 Å². The molecule has 0 bridgehead atoms. The Morgan fingerprint density at radius 3 is 3.00 bits per heavy atom. The summed E-state index contributed by atoms with van der Waals surface area (Å²) in [5.74, 6) is 1.21. The highest BCUT2D eigenvalue weighted by Gasteiger charge is 2.03. The summed E-state index contributed by atoms with van der Waals surface area (Å²) in [4.78, 5) is 0. The van der Waals surface area contributed by atoms with Crippen molar-refractivity contribution in [3.8, 4) is 0 Å². The molecule has 0 aliphatic heterocycles. The third-order valence-electron chi connectivity index (χ3n) is 2.35. The lowest BCUT2D eigenvalue weighted by Gasteiger charge is -1.99. The second-order valence-electron chi connectivity index (χ2n) is 3.63. The highest BCUT2D eigenvalue weighted by Crippen LogP contribution is 2.06. The Morgan fingerprint density at radius 1 is 1.53 bits per heavy atom. The number of nitrogens with zero attached hydrogens (tertiary/aromatic N) is 2. The summed E-state index contributed by atoms with van der Waals surface area (Å²) in [5.41, 5.74) is 2.47. The summed E-state index contributed by atoms with van der Waals surface area (Å²) >= 11 is 1.89. The first-order valence-electron chi connectivity index (χ1n) is 5.50. The van der Waals surface area contributed by atoms with E-state index < -0.39 is 0 Å². The molecule has 4 heteroatoms. The third kappa shape index (κ3) is 4.26. The van der Waals surface area contributed by atoms with E-state index in [-0.39, 0.29) is 0 Å². The van der Waals surface area contributed by atoms with E-state index >= 15 is 0 Å². The molecule has 0 saturated carbocycles. The summed E-state index contributed by atoms with van der Waals surface area (Å²) in [6.45, 7) is 7.19. The zero-order chi connectivity index (χ0) is 11.1. The SMILES string of the molecule is CCNCc1cn(CCCSC)nc1C. The van der Waals surface area contributed by atoms with E-state index in [1.807, 2.05) is 11.8 Å². The maximum absolute atomic E-state index is 4.50. The standard InChI is InChI=1S/C11H21N3S/c1-4-12-8-11-9-14(13-10(11)2)6-5-7-15-3/h9,12H,4-8H2,1-3H3. The number of thioether (sulfide) groups is 1. The maximum Gasteiger partial charge on any atom is 0.0638 e. The fraction of sp³-hybridized carbons (Fsp3) is 0.727. The highest BCUT2D eigenvalue weighted by molar-refractivity contribution is 7.98. The molecule has 0 saturated heterocycles. The summed E-state index contributed by atoms with van der Waals surface area (Å²) < 4.78 is 2.07. The maximum atomic E-state index is 4.50. The molecule has 0 fully saturated rings. The number of rotatable bonds is 7. The van der Waals surface area contributed by atoms with Crippen molar-refractivity contribution in [1.82, 2.24) is 15.1 Å². The summed E-state index contributed by atoms with van der Waals surface area (Å²) in [6.07, 6.45) is 5.51. The minimum atomic E-state index is 0.935. The quantitative estimate of drug-likeness (QED) is 0.723. The second-order valence-corrected chi connectivity index (χ2v) is 4.62. The Labute approximate surface area is 96.6 Å². The lowest BCUT2D eigenvalue weighted by molar-refractivity contribution is 0.601. The summed E-state index contributed by atoms with van der Waals surface area (Å²) in [6, 6.07) is 0. The highest BCUT2D eigenvalue weighted by atomic mass is 32.2. The van der Waals surface area contributed by atoms with E-state index in [9.17, 15) is 0 Å². The Kier molecular flexibility index (Phi) is 5.79. The van der Waals surface area contributed by atoms with Crippen molar-refractivity contribution in [3.05, 3.63) is 17.5 Å². The zero-order valence-corrected chi connectivity index (χ0v) is 10.7. The van der Waals surface area contributed by atoms with Gasteiger partial charge in [0.05, 0.1) is 5.69 Å². The van der Waals surface area contributed by atoms with Crippen LogP contribution in [0.25, 0.3) is 0 Å². The lowest BCUT2D eigenvalue weighted by Crippen LogP contribution is -2.11. The van der Waals surface area contributed by atoms with Crippen LogP contribution in [0.15, 0.2) is 6.20 Å². The Hall–Kier alpha value is -0.480. The van der Waals surface area contributed by atoms with Crippen molar-refractivity contribution >= 4 is 11.8 Å². The van der Waals surface area contributed by atoms with Crippen molar-refractivity contribution < 1.29 is 0 Å². The van der Waals surface area contributed by atoms with Gasteiger partial charge in [-0.05, 0) is 31.9 Å². The number of nitrogens with one attached hydrogen (secondary N) is 1. The molecule has 1 heterocycles. The lowest BCUT2D eigenvalue weighted by atomic mass is 10.2. The molecule has 0 unspecified atom stereocenters. The molecule has 15 heavy (non-hydrogen) atoms. The number of hydrogen-bond acceptors (Lipinski definition) is 3. The van der Waals surface area contributed by atoms with Gasteiger partial charge in [0.15, 0.2) is 0 Å². The molecule has 0 aliphatic rings. The van der Waals surface area contributed by atoms with E-state index in [1.165, 1.54) is 17.7 Å². The molecule has 1 aromatic heterocycles. The molecule has 1 rings (SSSR count). The topological polar surface area (TPSA) is 29.9 Å². The number of aromatic nitrogens is 2. The predicted octanol–water partition coefficient (Wildman–Crippen LogP) is 2.05. The Morgan fingerprint density at radius 2 is 2.33 bits per heavy atom. The predicted molar refractivity (Wildman–Crippen MR) is 67.3 cm³/mol. The first kappa shape index (κ1) is 12.6. The first-order valence-corrected chi connectivity index (χ1v) is 6.90. The zero-order valence-electron chi connectivity index (χ0n) is 9.92. The van der Waals surface area contributed by atoms with Crippen molar-refractivity contribution in [2.24, 2.45) is 0 Å². The second kappa shape index (κ2) is 6.90. The Bertz CT molecular complexity index is 283. The number of hydrogen-bond donors (Lipinski definition) is 1. The van der Waals surface area contributed by atoms with Crippen molar-refractivity contribution in [1.29, 1.82) is 0 Å². The summed E-state index contributed by atoms with van der Waals surface area (Å²) in [7, 11) is 0. The van der Waals surface area contributed by atoms with Crippen LogP contribution in [0.2, 0.25) is 0 Å². The Balaban J connectivity index is 2.45. The molecule has 3 nitrogen and oxygen atoms in total. The number of aryl methyl sites for hydroxylation is 2. The van der Waals surface area contributed by atoms with Gasteiger partial charge in [-0.25, -0.2) is 0 Å². The van der Waals surface area contributed by atoms with Gasteiger partial charge in [0.2, 0.25) is 0 Å². The van der Waals surface area contributed by atoms with Crippen molar-refractivity contribution in [2.45, 2.75) is 33.4 Å². The van der Waals surface area contributed by atoms with E-state index in [2.05, 4.69) is 41.4 Å². The van der Waals surface area contributed by atoms with E-state index in [1.54, 1.807) is 0 Å². The molecule has 1 N–H and O–H groups in total. The van der Waals surface area contributed by atoms with Crippen LogP contribution in [0.1, 0.15) is 24.6 Å². The molecule has 0 atom stereocenters. The van der Waals surface area contributed by atoms with Crippen LogP contribution in [0.4, 0.5) is 0 Å². The van der Waals surface area contributed by atoms with Gasteiger partial charge < -0.3 is 5.32 Å². The average molecular weight is 227 g/mol. The molecule has 1 aromatic rings. The molecule has 0 amide bonds. The van der Waals surface area contributed by atoms with Crippen LogP contribution in [-0.2, 0) is 13.1 Å². The van der Waals surface area contributed by atoms with Crippen LogP contribution in [0.3, 0.4) is 0 Å². The smallest absolute Gasteiger partial charge is 0.0638 e. The van der Waals surface area contributed by atoms with Gasteiger partial charge in [-0.1, -0.05) is 6.92 Å². The van der Waals surface area contributed by atoms with Gasteiger partial charge >= 0.3 is 0 Å². The van der Waals surface area contributed by atoms with Gasteiger partial charge in [-0.15, -0.1) is 0 Å². The minimum Gasteiger partial charge on any atom is -0.313 e. The molecular formula is C11H21N3S. The van der Waals surface area contributed by atoms with Crippen LogP contribution in [-0.4, -0.2) is 28.3 Å². The first-order chi connectivity index (χ1) is 7.27. The molecular weight excluding hydrogens is 206 g/mol. The fourth-order valence-corrected chi connectivity index (χ4v) is 1.90. The third-order valence-corrected chi connectivity index (χ3v) is 3.05. The van der Waals surface area contributed by atoms with E-state index in [4.69, 9.17) is 0 Å². The normalized spacial score (nSPS) is 10.9. The van der Waals surface area contributed by atoms with Gasteiger partial charge in [-0.2, -0.15) is 16.9 Å². The van der Waals surface area contributed by atoms with Crippen LogP contribution >= 0.6 is 11.8 Å². The molecule has 0 spiro atoms. The molecule has 0 aliphatic carbocycles. The molecule has 0 aromatic carbocycles. The minimum absolute atomic E-state index is 0.935. The van der Waals surface area contributed by atoms with E-state index in [0.717, 1.165) is 25.3 Å². The van der Waals surface area contributed by atoms with Gasteiger partial charge in [0.1, 0.15) is 0 Å². The van der Waals surface area contributed by atoms with E-state index in [0.29, 0.717) is 0 Å².